The lowest BCUT2D eigenvalue weighted by atomic mass is 9.84. The van der Waals surface area contributed by atoms with Crippen LogP contribution >= 0.6 is 0 Å². The molecule has 2 heteroatoms. The van der Waals surface area contributed by atoms with Gasteiger partial charge in [0.1, 0.15) is 0 Å². The van der Waals surface area contributed by atoms with E-state index in [-0.39, 0.29) is 0 Å². The van der Waals surface area contributed by atoms with Gasteiger partial charge in [-0.25, -0.2) is 0 Å². The molecule has 82 valence electrons. The molecule has 0 aliphatic carbocycles. The van der Waals surface area contributed by atoms with Gasteiger partial charge in [0.05, 0.1) is 0 Å². The highest BCUT2D eigenvalue weighted by Crippen LogP contribution is 2.28. The summed E-state index contributed by atoms with van der Waals surface area (Å²) in [6.07, 6.45) is 4.39. The van der Waals surface area contributed by atoms with Crippen LogP contribution in [0.15, 0.2) is 0 Å². The Morgan fingerprint density at radius 2 is 1.71 bits per heavy atom. The van der Waals surface area contributed by atoms with Crippen LogP contribution in [0.1, 0.15) is 26.2 Å². The molecule has 0 atom stereocenters. The number of piperidine rings is 1. The summed E-state index contributed by atoms with van der Waals surface area (Å²) in [5.74, 6) is 2.07. The molecule has 2 fully saturated rings. The van der Waals surface area contributed by atoms with Crippen LogP contribution in [-0.4, -0.2) is 49.6 Å². The van der Waals surface area contributed by atoms with Crippen LogP contribution in [0.25, 0.3) is 0 Å². The molecule has 0 aromatic carbocycles. The molecule has 2 rings (SSSR count). The highest BCUT2D eigenvalue weighted by atomic mass is 15.2. The van der Waals surface area contributed by atoms with Gasteiger partial charge in [-0.1, -0.05) is 6.92 Å². The van der Waals surface area contributed by atoms with Crippen molar-refractivity contribution in [3.63, 3.8) is 0 Å². The minimum absolute atomic E-state index is 1.03. The molecule has 0 aromatic rings. The fourth-order valence-corrected chi connectivity index (χ4v) is 2.85. The third-order valence-corrected chi connectivity index (χ3v) is 3.98. The van der Waals surface area contributed by atoms with Crippen LogP contribution in [0.4, 0.5) is 0 Å². The summed E-state index contributed by atoms with van der Waals surface area (Å²) in [6, 6.07) is 0. The van der Waals surface area contributed by atoms with Crippen molar-refractivity contribution in [2.24, 2.45) is 11.8 Å². The molecule has 0 saturated carbocycles. The lowest BCUT2D eigenvalue weighted by molar-refractivity contribution is 0.0751. The second kappa shape index (κ2) is 4.63. The topological polar surface area (TPSA) is 6.48 Å². The lowest BCUT2D eigenvalue weighted by Crippen LogP contribution is -2.47. The van der Waals surface area contributed by atoms with Crippen molar-refractivity contribution in [1.82, 2.24) is 9.80 Å². The maximum atomic E-state index is 2.56. The fraction of sp³-hybridized carbons (Fsp3) is 1.00. The van der Waals surface area contributed by atoms with Gasteiger partial charge in [-0.3, -0.25) is 0 Å². The summed E-state index contributed by atoms with van der Waals surface area (Å²) in [6.45, 7) is 8.94. The van der Waals surface area contributed by atoms with Gasteiger partial charge >= 0.3 is 0 Å². The zero-order chi connectivity index (χ0) is 9.97. The number of rotatable bonds is 3. The highest BCUT2D eigenvalue weighted by molar-refractivity contribution is 4.82. The molecule has 2 nitrogen and oxygen atoms in total. The first-order chi connectivity index (χ1) is 6.78. The predicted molar refractivity (Wildman–Crippen MR) is 60.4 cm³/mol. The van der Waals surface area contributed by atoms with E-state index in [4.69, 9.17) is 0 Å². The van der Waals surface area contributed by atoms with Gasteiger partial charge in [-0.15, -0.1) is 0 Å². The molecule has 0 radical (unpaired) electrons. The van der Waals surface area contributed by atoms with Crippen LogP contribution in [0.2, 0.25) is 0 Å². The molecule has 0 N–H and O–H groups in total. The molecule has 2 aliphatic heterocycles. The maximum Gasteiger partial charge on any atom is 0.00220 e. The van der Waals surface area contributed by atoms with E-state index in [1.165, 1.54) is 52.0 Å². The maximum absolute atomic E-state index is 2.56. The monoisotopic (exact) mass is 196 g/mol. The van der Waals surface area contributed by atoms with Crippen molar-refractivity contribution in [2.45, 2.75) is 26.2 Å². The largest absolute Gasteiger partial charge is 0.306 e. The first kappa shape index (κ1) is 10.4. The summed E-state index contributed by atoms with van der Waals surface area (Å²) < 4.78 is 0. The van der Waals surface area contributed by atoms with Crippen molar-refractivity contribution < 1.29 is 0 Å². The second-order valence-corrected chi connectivity index (χ2v) is 5.20. The van der Waals surface area contributed by atoms with Gasteiger partial charge in [0, 0.05) is 13.1 Å². The third kappa shape index (κ3) is 2.48. The van der Waals surface area contributed by atoms with E-state index in [0.29, 0.717) is 0 Å². The Morgan fingerprint density at radius 3 is 2.29 bits per heavy atom. The van der Waals surface area contributed by atoms with E-state index in [0.717, 1.165) is 11.8 Å². The van der Waals surface area contributed by atoms with Gasteiger partial charge < -0.3 is 9.80 Å². The fourth-order valence-electron chi connectivity index (χ4n) is 2.85. The molecule has 0 bridgehead atoms. The Hall–Kier alpha value is -0.0800. The molecular formula is C12H24N2. The first-order valence-electron chi connectivity index (χ1n) is 6.18. The number of nitrogens with zero attached hydrogens (tertiary/aromatic N) is 2. The van der Waals surface area contributed by atoms with Gasteiger partial charge in [0.15, 0.2) is 0 Å². The van der Waals surface area contributed by atoms with Crippen molar-refractivity contribution in [2.75, 3.05) is 39.8 Å². The van der Waals surface area contributed by atoms with E-state index < -0.39 is 0 Å². The minimum atomic E-state index is 1.03. The van der Waals surface area contributed by atoms with Gasteiger partial charge in [-0.05, 0) is 57.8 Å². The zero-order valence-corrected chi connectivity index (χ0v) is 9.71. The Morgan fingerprint density at radius 1 is 1.07 bits per heavy atom. The van der Waals surface area contributed by atoms with Gasteiger partial charge in [0.25, 0.3) is 0 Å². The molecule has 2 aliphatic rings. The molecule has 14 heavy (non-hydrogen) atoms. The second-order valence-electron chi connectivity index (χ2n) is 5.20. The van der Waals surface area contributed by atoms with Crippen molar-refractivity contribution in [3.05, 3.63) is 0 Å². The van der Waals surface area contributed by atoms with Crippen molar-refractivity contribution >= 4 is 0 Å². The van der Waals surface area contributed by atoms with Crippen LogP contribution in [0.3, 0.4) is 0 Å². The van der Waals surface area contributed by atoms with Crippen molar-refractivity contribution in [1.29, 1.82) is 0 Å². The standard InChI is InChI=1S/C12H24N2/c1-3-14-9-12(10-14)8-11-4-6-13(2)7-5-11/h11-12H,3-10H2,1-2H3. The summed E-state index contributed by atoms with van der Waals surface area (Å²) >= 11 is 0. The Bertz CT molecular complexity index is 167. The van der Waals surface area contributed by atoms with E-state index in [1.54, 1.807) is 0 Å². The number of hydrogen-bond acceptors (Lipinski definition) is 2. The smallest absolute Gasteiger partial charge is 0.00220 e. The van der Waals surface area contributed by atoms with Crippen LogP contribution in [0, 0.1) is 11.8 Å². The van der Waals surface area contributed by atoms with Crippen LogP contribution in [-0.2, 0) is 0 Å². The van der Waals surface area contributed by atoms with Crippen molar-refractivity contribution in [3.8, 4) is 0 Å². The molecule has 0 amide bonds. The molecule has 2 saturated heterocycles. The third-order valence-electron chi connectivity index (χ3n) is 3.98. The SMILES string of the molecule is CCN1CC(CC2CCN(C)CC2)C1. The van der Waals surface area contributed by atoms with E-state index in [1.807, 2.05) is 0 Å². The van der Waals surface area contributed by atoms with E-state index in [9.17, 15) is 0 Å². The average Bonchev–Trinajstić information content (AvgIpc) is 2.13. The van der Waals surface area contributed by atoms with Gasteiger partial charge in [0.2, 0.25) is 0 Å². The van der Waals surface area contributed by atoms with E-state index in [2.05, 4.69) is 23.8 Å². The molecule has 0 unspecified atom stereocenters. The Kier molecular flexibility index (Phi) is 3.45. The summed E-state index contributed by atoms with van der Waals surface area (Å²) in [5.41, 5.74) is 0. The normalized spacial score (nSPS) is 27.9. The molecule has 2 heterocycles. The van der Waals surface area contributed by atoms with E-state index >= 15 is 0 Å². The number of likely N-dealkylation sites (tertiary alicyclic amines) is 2. The quantitative estimate of drug-likeness (QED) is 0.677. The minimum Gasteiger partial charge on any atom is -0.306 e. The summed E-state index contributed by atoms with van der Waals surface area (Å²) in [5, 5.41) is 0. The lowest BCUT2D eigenvalue weighted by Gasteiger charge is -2.41. The first-order valence-corrected chi connectivity index (χ1v) is 6.18. The Labute approximate surface area is 88.3 Å². The molecule has 0 spiro atoms. The predicted octanol–water partition coefficient (Wildman–Crippen LogP) is 1.67. The molecular weight excluding hydrogens is 172 g/mol. The number of hydrogen-bond donors (Lipinski definition) is 0. The zero-order valence-electron chi connectivity index (χ0n) is 9.71. The average molecular weight is 196 g/mol. The Balaban J connectivity index is 1.62. The summed E-state index contributed by atoms with van der Waals surface area (Å²) in [4.78, 5) is 5.02. The molecule has 0 aromatic heterocycles. The van der Waals surface area contributed by atoms with Crippen LogP contribution < -0.4 is 0 Å². The highest BCUT2D eigenvalue weighted by Gasteiger charge is 2.28. The summed E-state index contributed by atoms with van der Waals surface area (Å²) in [7, 11) is 2.25. The van der Waals surface area contributed by atoms with Gasteiger partial charge in [-0.2, -0.15) is 0 Å². The van der Waals surface area contributed by atoms with Crippen LogP contribution in [0.5, 0.6) is 0 Å².